The Hall–Kier alpha value is -2.61. The number of carbonyl (C=O) groups is 1. The molecule has 0 aromatic heterocycles. The van der Waals surface area contributed by atoms with Crippen molar-refractivity contribution in [3.8, 4) is 5.75 Å². The molecule has 0 radical (unpaired) electrons. The lowest BCUT2D eigenvalue weighted by atomic mass is 9.96. The van der Waals surface area contributed by atoms with E-state index in [1.54, 1.807) is 29.2 Å². The van der Waals surface area contributed by atoms with Crippen molar-refractivity contribution in [2.75, 3.05) is 6.54 Å². The van der Waals surface area contributed by atoms with E-state index in [1.165, 1.54) is 6.42 Å². The van der Waals surface area contributed by atoms with Crippen LogP contribution in [0.4, 0.5) is 9.18 Å². The Morgan fingerprint density at radius 1 is 1.06 bits per heavy atom. The molecule has 2 aromatic carbocycles. The van der Waals surface area contributed by atoms with Crippen molar-refractivity contribution in [1.29, 1.82) is 0 Å². The van der Waals surface area contributed by atoms with Crippen LogP contribution >= 0.6 is 0 Å². The Morgan fingerprint density at radius 2 is 1.69 bits per heavy atom. The summed E-state index contributed by atoms with van der Waals surface area (Å²) in [5.41, 5.74) is 0.871. The number of nitrogens with one attached hydrogen (secondary N) is 1. The van der Waals surface area contributed by atoms with Gasteiger partial charge >= 0.3 is 16.1 Å². The maximum atomic E-state index is 13.0. The number of amides is 2. The minimum atomic E-state index is -4.05. The molecule has 2 amide bonds. The lowest BCUT2D eigenvalue weighted by molar-refractivity contribution is 0.180. The summed E-state index contributed by atoms with van der Waals surface area (Å²) in [7, 11) is -4.05. The lowest BCUT2D eigenvalue weighted by Gasteiger charge is -2.29. The summed E-state index contributed by atoms with van der Waals surface area (Å²) in [6.45, 7) is 5.17. The monoisotopic (exact) mass is 462 g/mol. The number of benzene rings is 2. The fourth-order valence-electron chi connectivity index (χ4n) is 3.82. The number of nitrogens with zero attached hydrogens (tertiary/aromatic N) is 1. The predicted octanol–water partition coefficient (Wildman–Crippen LogP) is 5.09. The van der Waals surface area contributed by atoms with Crippen molar-refractivity contribution in [3.05, 3.63) is 59.9 Å². The van der Waals surface area contributed by atoms with Crippen LogP contribution in [0.25, 0.3) is 0 Å². The highest BCUT2D eigenvalue weighted by atomic mass is 32.2. The summed E-state index contributed by atoms with van der Waals surface area (Å²) in [6, 6.07) is 11.2. The molecule has 0 aliphatic heterocycles. The third-order valence-electron chi connectivity index (χ3n) is 5.41. The van der Waals surface area contributed by atoms with E-state index in [1.807, 2.05) is 0 Å². The second-order valence-electron chi connectivity index (χ2n) is 8.69. The van der Waals surface area contributed by atoms with Crippen molar-refractivity contribution < 1.29 is 21.8 Å². The third-order valence-corrected chi connectivity index (χ3v) is 6.67. The van der Waals surface area contributed by atoms with Crippen LogP contribution in [0.3, 0.4) is 0 Å². The first-order chi connectivity index (χ1) is 15.2. The van der Waals surface area contributed by atoms with Crippen LogP contribution in [0.2, 0.25) is 0 Å². The average Bonchev–Trinajstić information content (AvgIpc) is 2.75. The maximum Gasteiger partial charge on any atom is 0.339 e. The quantitative estimate of drug-likeness (QED) is 0.554. The first-order valence-electron chi connectivity index (χ1n) is 11.1. The summed E-state index contributed by atoms with van der Waals surface area (Å²) in [5.74, 6) is -0.0533. The molecule has 6 nitrogen and oxygen atoms in total. The first-order valence-corrected chi connectivity index (χ1v) is 12.5. The van der Waals surface area contributed by atoms with E-state index in [-0.39, 0.29) is 22.7 Å². The topological polar surface area (TPSA) is 75.7 Å². The standard InChI is InChI=1S/C24H31FN2O4S/c1-18(2)16-27(24(28)26-21-6-4-3-5-7-21)17-19-8-12-22(13-9-19)31-32(29,30)23-14-10-20(25)11-15-23/h8-15,18,21H,3-7,16-17H2,1-2H3,(H,26,28). The highest BCUT2D eigenvalue weighted by molar-refractivity contribution is 7.87. The van der Waals surface area contributed by atoms with Gasteiger partial charge in [0.1, 0.15) is 16.5 Å². The van der Waals surface area contributed by atoms with Crippen LogP contribution < -0.4 is 9.50 Å². The lowest BCUT2D eigenvalue weighted by Crippen LogP contribution is -2.46. The van der Waals surface area contributed by atoms with Crippen LogP contribution in [0.15, 0.2) is 53.4 Å². The predicted molar refractivity (Wildman–Crippen MR) is 121 cm³/mol. The van der Waals surface area contributed by atoms with E-state index in [0.717, 1.165) is 55.5 Å². The molecule has 0 saturated heterocycles. The Labute approximate surface area is 189 Å². The Bertz CT molecular complexity index is 986. The van der Waals surface area contributed by atoms with Crippen LogP contribution in [0.1, 0.15) is 51.5 Å². The van der Waals surface area contributed by atoms with Gasteiger partial charge in [0.05, 0.1) is 0 Å². The molecule has 0 atom stereocenters. The van der Waals surface area contributed by atoms with Gasteiger partial charge in [-0.3, -0.25) is 0 Å². The fraction of sp³-hybridized carbons (Fsp3) is 0.458. The number of carbonyl (C=O) groups excluding carboxylic acids is 1. The van der Waals surface area contributed by atoms with Crippen LogP contribution in [-0.4, -0.2) is 31.9 Å². The molecule has 1 saturated carbocycles. The van der Waals surface area contributed by atoms with Crippen LogP contribution in [0, 0.1) is 11.7 Å². The third kappa shape index (κ3) is 6.95. The molecule has 1 fully saturated rings. The molecular formula is C24H31FN2O4S. The minimum absolute atomic E-state index is 0.0650. The van der Waals surface area contributed by atoms with Gasteiger partial charge in [-0.2, -0.15) is 8.42 Å². The van der Waals surface area contributed by atoms with Gasteiger partial charge in [-0.25, -0.2) is 9.18 Å². The summed E-state index contributed by atoms with van der Waals surface area (Å²) in [6.07, 6.45) is 5.58. The van der Waals surface area contributed by atoms with E-state index in [2.05, 4.69) is 19.2 Å². The van der Waals surface area contributed by atoms with Gasteiger partial charge < -0.3 is 14.4 Å². The van der Waals surface area contributed by atoms with E-state index in [0.29, 0.717) is 19.0 Å². The Morgan fingerprint density at radius 3 is 2.28 bits per heavy atom. The van der Waals surface area contributed by atoms with Crippen LogP contribution in [-0.2, 0) is 16.7 Å². The largest absolute Gasteiger partial charge is 0.379 e. The minimum Gasteiger partial charge on any atom is -0.379 e. The average molecular weight is 463 g/mol. The van der Waals surface area contributed by atoms with Gasteiger partial charge in [0.25, 0.3) is 0 Å². The highest BCUT2D eigenvalue weighted by Gasteiger charge is 2.21. The van der Waals surface area contributed by atoms with E-state index < -0.39 is 15.9 Å². The molecule has 32 heavy (non-hydrogen) atoms. The smallest absolute Gasteiger partial charge is 0.339 e. The highest BCUT2D eigenvalue weighted by Crippen LogP contribution is 2.21. The van der Waals surface area contributed by atoms with E-state index in [4.69, 9.17) is 4.18 Å². The van der Waals surface area contributed by atoms with E-state index in [9.17, 15) is 17.6 Å². The number of hydrogen-bond acceptors (Lipinski definition) is 4. The fourth-order valence-corrected chi connectivity index (χ4v) is 4.75. The summed E-state index contributed by atoms with van der Waals surface area (Å²) in [4.78, 5) is 14.5. The Kier molecular flexibility index (Phi) is 8.12. The molecule has 0 spiro atoms. The zero-order chi connectivity index (χ0) is 23.1. The molecule has 0 heterocycles. The van der Waals surface area contributed by atoms with Crippen molar-refractivity contribution in [2.24, 2.45) is 5.92 Å². The normalized spacial score (nSPS) is 14.9. The summed E-state index contributed by atoms with van der Waals surface area (Å²) in [5, 5.41) is 3.17. The summed E-state index contributed by atoms with van der Waals surface area (Å²) >= 11 is 0. The molecule has 8 heteroatoms. The number of rotatable bonds is 8. The number of hydrogen-bond donors (Lipinski definition) is 1. The zero-order valence-electron chi connectivity index (χ0n) is 18.6. The number of urea groups is 1. The number of halogens is 1. The zero-order valence-corrected chi connectivity index (χ0v) is 19.4. The molecular weight excluding hydrogens is 431 g/mol. The van der Waals surface area contributed by atoms with E-state index >= 15 is 0 Å². The van der Waals surface area contributed by atoms with Gasteiger partial charge in [-0.05, 0) is 60.7 Å². The van der Waals surface area contributed by atoms with Crippen LogP contribution in [0.5, 0.6) is 5.75 Å². The molecule has 0 bridgehead atoms. The second-order valence-corrected chi connectivity index (χ2v) is 10.2. The Balaban J connectivity index is 1.64. The molecule has 1 N–H and O–H groups in total. The molecule has 1 aliphatic carbocycles. The van der Waals surface area contributed by atoms with Gasteiger partial charge in [0.2, 0.25) is 0 Å². The first kappa shape index (κ1) is 24.0. The molecule has 2 aromatic rings. The van der Waals surface area contributed by atoms with Crippen molar-refractivity contribution >= 4 is 16.1 Å². The molecule has 3 rings (SSSR count). The molecule has 0 unspecified atom stereocenters. The molecule has 174 valence electrons. The van der Waals surface area contributed by atoms with Crippen molar-refractivity contribution in [2.45, 2.75) is 63.4 Å². The summed E-state index contributed by atoms with van der Waals surface area (Å²) < 4.78 is 42.9. The van der Waals surface area contributed by atoms with Crippen molar-refractivity contribution in [3.63, 3.8) is 0 Å². The van der Waals surface area contributed by atoms with Crippen molar-refractivity contribution in [1.82, 2.24) is 10.2 Å². The maximum absolute atomic E-state index is 13.0. The van der Waals surface area contributed by atoms with Gasteiger partial charge in [0.15, 0.2) is 0 Å². The second kappa shape index (κ2) is 10.8. The SMILES string of the molecule is CC(C)CN(Cc1ccc(OS(=O)(=O)c2ccc(F)cc2)cc1)C(=O)NC1CCCCC1. The van der Waals surface area contributed by atoms with Gasteiger partial charge in [0, 0.05) is 19.1 Å². The molecule has 1 aliphatic rings. The van der Waals surface area contributed by atoms with Gasteiger partial charge in [-0.15, -0.1) is 0 Å². The van der Waals surface area contributed by atoms with Gasteiger partial charge in [-0.1, -0.05) is 45.2 Å².